The third-order valence-corrected chi connectivity index (χ3v) is 4.91. The molecule has 0 aliphatic carbocycles. The third kappa shape index (κ3) is 6.29. The molecule has 166 valence electrons. The van der Waals surface area contributed by atoms with E-state index in [0.29, 0.717) is 29.7 Å². The van der Waals surface area contributed by atoms with Gasteiger partial charge in [0.25, 0.3) is 0 Å². The summed E-state index contributed by atoms with van der Waals surface area (Å²) in [4.78, 5) is 19.8. The molecule has 4 nitrogen and oxygen atoms in total. The first-order chi connectivity index (χ1) is 14.6. The van der Waals surface area contributed by atoms with Crippen LogP contribution in [0.15, 0.2) is 53.7 Å². The van der Waals surface area contributed by atoms with Crippen LogP contribution in [-0.2, 0) is 22.4 Å². The van der Waals surface area contributed by atoms with Crippen LogP contribution in [0.4, 0.5) is 17.6 Å². The smallest absolute Gasteiger partial charge is 0.390 e. The maximum Gasteiger partial charge on any atom is 0.416 e. The van der Waals surface area contributed by atoms with E-state index in [1.54, 1.807) is 17.0 Å². The van der Waals surface area contributed by atoms with Gasteiger partial charge in [-0.2, -0.15) is 13.2 Å². The van der Waals surface area contributed by atoms with Crippen LogP contribution in [0.5, 0.6) is 0 Å². The van der Waals surface area contributed by atoms with Gasteiger partial charge in [-0.15, -0.1) is 0 Å². The number of alkyl halides is 3. The standard InChI is InChI=1S/C23H24F4N2O2/c1-15(2)10-22(30)29(13-16-6-8-18(9-7-16)23(25,26)27)14-20-12-21(28-31-20)17-4-3-5-19(24)11-17/h3-9,11,15,20H,10,12-14H2,1-2H3/t20-/m1/s1. The molecule has 0 radical (unpaired) electrons. The Morgan fingerprint density at radius 3 is 2.52 bits per heavy atom. The van der Waals surface area contributed by atoms with Crippen molar-refractivity contribution in [2.75, 3.05) is 6.54 Å². The van der Waals surface area contributed by atoms with E-state index in [1.165, 1.54) is 24.3 Å². The summed E-state index contributed by atoms with van der Waals surface area (Å²) in [5.41, 5.74) is 1.07. The van der Waals surface area contributed by atoms with Crippen LogP contribution in [-0.4, -0.2) is 29.2 Å². The SMILES string of the molecule is CC(C)CC(=O)N(Cc1ccc(C(F)(F)F)cc1)C[C@H]1CC(c2cccc(F)c2)=NO1. The quantitative estimate of drug-likeness (QED) is 0.545. The van der Waals surface area contributed by atoms with Gasteiger partial charge in [0.2, 0.25) is 5.91 Å². The zero-order chi connectivity index (χ0) is 22.6. The third-order valence-electron chi connectivity index (χ3n) is 4.91. The van der Waals surface area contributed by atoms with Gasteiger partial charge in [0.15, 0.2) is 6.10 Å². The van der Waals surface area contributed by atoms with Gasteiger partial charge in [0.05, 0.1) is 17.8 Å². The van der Waals surface area contributed by atoms with Crippen molar-refractivity contribution in [1.29, 1.82) is 0 Å². The van der Waals surface area contributed by atoms with Crippen molar-refractivity contribution in [2.24, 2.45) is 11.1 Å². The number of amides is 1. The van der Waals surface area contributed by atoms with E-state index in [9.17, 15) is 22.4 Å². The normalized spacial score (nSPS) is 16.2. The molecule has 1 aliphatic heterocycles. The van der Waals surface area contributed by atoms with Crippen LogP contribution in [0.2, 0.25) is 0 Å². The molecule has 0 N–H and O–H groups in total. The number of hydrogen-bond acceptors (Lipinski definition) is 3. The summed E-state index contributed by atoms with van der Waals surface area (Å²) in [6.07, 6.45) is -4.11. The Morgan fingerprint density at radius 1 is 1.19 bits per heavy atom. The van der Waals surface area contributed by atoms with Crippen molar-refractivity contribution < 1.29 is 27.2 Å². The van der Waals surface area contributed by atoms with Gasteiger partial charge in [-0.05, 0) is 35.7 Å². The molecule has 0 aromatic heterocycles. The fourth-order valence-corrected chi connectivity index (χ4v) is 3.36. The summed E-state index contributed by atoms with van der Waals surface area (Å²) < 4.78 is 51.9. The Kier molecular flexibility index (Phi) is 6.97. The van der Waals surface area contributed by atoms with Gasteiger partial charge in [0, 0.05) is 24.9 Å². The number of oxime groups is 1. The molecule has 0 saturated heterocycles. The van der Waals surface area contributed by atoms with E-state index < -0.39 is 17.8 Å². The summed E-state index contributed by atoms with van der Waals surface area (Å²) in [5, 5.41) is 4.03. The molecular weight excluding hydrogens is 412 g/mol. The lowest BCUT2D eigenvalue weighted by molar-refractivity contribution is -0.138. The molecule has 1 atom stereocenters. The highest BCUT2D eigenvalue weighted by molar-refractivity contribution is 6.01. The van der Waals surface area contributed by atoms with Crippen molar-refractivity contribution in [3.63, 3.8) is 0 Å². The van der Waals surface area contributed by atoms with Gasteiger partial charge >= 0.3 is 6.18 Å². The monoisotopic (exact) mass is 436 g/mol. The zero-order valence-corrected chi connectivity index (χ0v) is 17.3. The van der Waals surface area contributed by atoms with Gasteiger partial charge in [0.1, 0.15) is 5.82 Å². The highest BCUT2D eigenvalue weighted by atomic mass is 19.4. The number of carbonyl (C=O) groups is 1. The lowest BCUT2D eigenvalue weighted by Gasteiger charge is -2.26. The van der Waals surface area contributed by atoms with E-state index in [2.05, 4.69) is 5.16 Å². The summed E-state index contributed by atoms with van der Waals surface area (Å²) in [6, 6.07) is 10.8. The molecule has 3 rings (SSSR count). The van der Waals surface area contributed by atoms with Crippen LogP contribution in [0.3, 0.4) is 0 Å². The zero-order valence-electron chi connectivity index (χ0n) is 17.3. The van der Waals surface area contributed by atoms with E-state index in [1.807, 2.05) is 13.8 Å². The molecule has 2 aromatic rings. The highest BCUT2D eigenvalue weighted by Crippen LogP contribution is 2.29. The number of carbonyl (C=O) groups excluding carboxylic acids is 1. The minimum absolute atomic E-state index is 0.113. The average Bonchev–Trinajstić information content (AvgIpc) is 3.15. The van der Waals surface area contributed by atoms with Crippen molar-refractivity contribution in [3.8, 4) is 0 Å². The van der Waals surface area contributed by atoms with Gasteiger partial charge in [-0.25, -0.2) is 4.39 Å². The molecular formula is C23H24F4N2O2. The Bertz CT molecular complexity index is 939. The van der Waals surface area contributed by atoms with E-state index in [4.69, 9.17) is 4.84 Å². The van der Waals surface area contributed by atoms with Crippen LogP contribution in [0, 0.1) is 11.7 Å². The first-order valence-corrected chi connectivity index (χ1v) is 10.0. The molecule has 8 heteroatoms. The van der Waals surface area contributed by atoms with Crippen molar-refractivity contribution in [2.45, 2.75) is 45.5 Å². The molecule has 1 aliphatic rings. The maximum atomic E-state index is 13.5. The van der Waals surface area contributed by atoms with Crippen LogP contribution in [0.1, 0.15) is 43.4 Å². The van der Waals surface area contributed by atoms with Crippen molar-refractivity contribution >= 4 is 11.6 Å². The summed E-state index contributed by atoms with van der Waals surface area (Å²) >= 11 is 0. The predicted octanol–water partition coefficient (Wildman–Crippen LogP) is 5.41. The molecule has 1 heterocycles. The molecule has 0 unspecified atom stereocenters. The van der Waals surface area contributed by atoms with E-state index >= 15 is 0 Å². The fraction of sp³-hybridized carbons (Fsp3) is 0.391. The second kappa shape index (κ2) is 9.49. The second-order valence-corrected chi connectivity index (χ2v) is 8.05. The highest BCUT2D eigenvalue weighted by Gasteiger charge is 2.30. The molecule has 31 heavy (non-hydrogen) atoms. The largest absolute Gasteiger partial charge is 0.416 e. The molecule has 1 amide bonds. The number of nitrogens with zero attached hydrogens (tertiary/aromatic N) is 2. The van der Waals surface area contributed by atoms with Gasteiger partial charge < -0.3 is 9.74 Å². The van der Waals surface area contributed by atoms with Gasteiger partial charge in [-0.3, -0.25) is 4.79 Å². The lowest BCUT2D eigenvalue weighted by atomic mass is 10.0. The molecule has 0 fully saturated rings. The maximum absolute atomic E-state index is 13.5. The van der Waals surface area contributed by atoms with Crippen LogP contribution < -0.4 is 0 Å². The molecule has 0 saturated carbocycles. The van der Waals surface area contributed by atoms with Gasteiger partial charge in [-0.1, -0.05) is 43.3 Å². The number of hydrogen-bond donors (Lipinski definition) is 0. The van der Waals surface area contributed by atoms with Crippen molar-refractivity contribution in [3.05, 3.63) is 71.0 Å². The van der Waals surface area contributed by atoms with Crippen LogP contribution >= 0.6 is 0 Å². The average molecular weight is 436 g/mol. The van der Waals surface area contributed by atoms with Crippen molar-refractivity contribution in [1.82, 2.24) is 4.90 Å². The first kappa shape index (κ1) is 22.8. The molecule has 0 bridgehead atoms. The molecule has 2 aromatic carbocycles. The topological polar surface area (TPSA) is 41.9 Å². The Balaban J connectivity index is 1.69. The number of rotatable bonds is 7. The summed E-state index contributed by atoms with van der Waals surface area (Å²) in [6.45, 7) is 4.24. The minimum atomic E-state index is -4.41. The summed E-state index contributed by atoms with van der Waals surface area (Å²) in [7, 11) is 0. The van der Waals surface area contributed by atoms with E-state index in [0.717, 1.165) is 12.1 Å². The molecule has 0 spiro atoms. The number of benzene rings is 2. The fourth-order valence-electron chi connectivity index (χ4n) is 3.36. The summed E-state index contributed by atoms with van der Waals surface area (Å²) in [5.74, 6) is -0.358. The second-order valence-electron chi connectivity index (χ2n) is 8.05. The lowest BCUT2D eigenvalue weighted by Crippen LogP contribution is -2.37. The van der Waals surface area contributed by atoms with E-state index in [-0.39, 0.29) is 30.7 Å². The predicted molar refractivity (Wildman–Crippen MR) is 109 cm³/mol. The Labute approximate surface area is 178 Å². The minimum Gasteiger partial charge on any atom is -0.390 e. The number of halogens is 4. The Hall–Kier alpha value is -2.90. The van der Waals surface area contributed by atoms with Crippen LogP contribution in [0.25, 0.3) is 0 Å². The first-order valence-electron chi connectivity index (χ1n) is 10.0. The Morgan fingerprint density at radius 2 is 1.90 bits per heavy atom.